The number of fused-ring (bicyclic) bond motifs is 1. The van der Waals surface area contributed by atoms with Gasteiger partial charge in [0.05, 0.1) is 4.90 Å². The van der Waals surface area contributed by atoms with Crippen molar-refractivity contribution in [1.29, 1.82) is 5.26 Å². The lowest BCUT2D eigenvalue weighted by Gasteiger charge is -2.11. The molecule has 0 aliphatic rings. The van der Waals surface area contributed by atoms with E-state index in [1.54, 1.807) is 44.2 Å². The van der Waals surface area contributed by atoms with Crippen LogP contribution in [0.2, 0.25) is 0 Å². The topological polar surface area (TPSA) is 102 Å². The lowest BCUT2D eigenvalue weighted by Crippen LogP contribution is -2.20. The summed E-state index contributed by atoms with van der Waals surface area (Å²) in [5.74, 6) is -0.510. The van der Waals surface area contributed by atoms with Crippen LogP contribution in [-0.2, 0) is 9.84 Å². The first kappa shape index (κ1) is 22.9. The fourth-order valence-corrected chi connectivity index (χ4v) is 4.39. The quantitative estimate of drug-likeness (QED) is 0.392. The largest absolute Gasteiger partial charge is 0.438 e. The number of nitriles is 1. The highest BCUT2D eigenvalue weighted by Crippen LogP contribution is 2.27. The maximum absolute atomic E-state index is 13.3. The number of allylic oxidation sites excluding steroid dienone is 1. The summed E-state index contributed by atoms with van der Waals surface area (Å²) in [4.78, 5) is 17.0. The number of sulfone groups is 1. The van der Waals surface area contributed by atoms with Crippen LogP contribution in [0.1, 0.15) is 16.7 Å². The molecule has 170 valence electrons. The number of pyridine rings is 1. The summed E-state index contributed by atoms with van der Waals surface area (Å²) in [6.45, 7) is 3.56. The predicted octanol–water partition coefficient (Wildman–Crippen LogP) is 4.58. The van der Waals surface area contributed by atoms with Gasteiger partial charge in [-0.25, -0.2) is 12.8 Å². The van der Waals surface area contributed by atoms with E-state index in [0.29, 0.717) is 11.2 Å². The molecule has 0 fully saturated rings. The van der Waals surface area contributed by atoms with Crippen molar-refractivity contribution in [3.05, 3.63) is 105 Å². The van der Waals surface area contributed by atoms with Gasteiger partial charge in [-0.2, -0.15) is 10.2 Å². The van der Waals surface area contributed by atoms with Crippen molar-refractivity contribution >= 4 is 21.6 Å². The summed E-state index contributed by atoms with van der Waals surface area (Å²) in [5.41, 5.74) is 0.953. The number of benzene rings is 2. The highest BCUT2D eigenvalue weighted by atomic mass is 32.2. The van der Waals surface area contributed by atoms with Gasteiger partial charge in [-0.15, -0.1) is 0 Å². The Balaban J connectivity index is 1.95. The van der Waals surface area contributed by atoms with Crippen molar-refractivity contribution in [2.45, 2.75) is 18.7 Å². The predicted molar refractivity (Wildman–Crippen MR) is 125 cm³/mol. The Labute approximate surface area is 194 Å². The molecule has 0 bridgehead atoms. The third-order valence-electron chi connectivity index (χ3n) is 5.08. The fraction of sp³-hybridized carbons (Fsp3) is 0.0800. The van der Waals surface area contributed by atoms with E-state index in [2.05, 4.69) is 4.98 Å². The van der Waals surface area contributed by atoms with Crippen LogP contribution in [0.4, 0.5) is 4.39 Å². The minimum absolute atomic E-state index is 0.0865. The van der Waals surface area contributed by atoms with Crippen molar-refractivity contribution in [2.24, 2.45) is 0 Å². The van der Waals surface area contributed by atoms with E-state index in [4.69, 9.17) is 4.74 Å². The number of ether oxygens (including phenoxy) is 1. The average Bonchev–Trinajstić information content (AvgIpc) is 2.81. The summed E-state index contributed by atoms with van der Waals surface area (Å²) < 4.78 is 46.5. The number of aromatic nitrogens is 2. The lowest BCUT2D eigenvalue weighted by atomic mass is 10.2. The van der Waals surface area contributed by atoms with Gasteiger partial charge in [-0.3, -0.25) is 9.20 Å². The van der Waals surface area contributed by atoms with Crippen molar-refractivity contribution in [3.63, 3.8) is 0 Å². The molecule has 2 aromatic heterocycles. The molecule has 0 amide bonds. The van der Waals surface area contributed by atoms with Crippen molar-refractivity contribution < 1.29 is 17.5 Å². The van der Waals surface area contributed by atoms with Crippen LogP contribution in [-0.4, -0.2) is 17.8 Å². The van der Waals surface area contributed by atoms with E-state index in [9.17, 15) is 22.9 Å². The van der Waals surface area contributed by atoms with Crippen molar-refractivity contribution in [1.82, 2.24) is 9.38 Å². The highest BCUT2D eigenvalue weighted by Gasteiger charge is 2.24. The average molecular weight is 476 g/mol. The third kappa shape index (κ3) is 4.31. The number of hydrogen-bond donors (Lipinski definition) is 0. The Kier molecular flexibility index (Phi) is 6.01. The summed E-state index contributed by atoms with van der Waals surface area (Å²) in [7, 11) is -4.22. The third-order valence-corrected chi connectivity index (χ3v) is 6.76. The van der Waals surface area contributed by atoms with E-state index >= 15 is 0 Å². The second-order valence-corrected chi connectivity index (χ2v) is 9.43. The number of nitrogens with zero attached hydrogens (tertiary/aromatic N) is 3. The number of halogens is 1. The lowest BCUT2D eigenvalue weighted by molar-refractivity contribution is 0.459. The number of hydrogen-bond acceptors (Lipinski definition) is 6. The zero-order chi connectivity index (χ0) is 24.5. The number of rotatable bonds is 5. The van der Waals surface area contributed by atoms with E-state index in [-0.39, 0.29) is 22.1 Å². The molecule has 0 atom stereocenters. The number of aryl methyl sites for hydroxylation is 2. The Morgan fingerprint density at radius 2 is 1.76 bits per heavy atom. The monoisotopic (exact) mass is 475 g/mol. The smallest absolute Gasteiger partial charge is 0.269 e. The standard InChI is InChI=1S/C25H18FN3O4S/c1-16-5-11-20(12-6-16)34(31,32)21(15-27)14-22-24(33-19-9-7-18(26)8-10-19)28-23-17(2)4-3-13-29(23)25(22)30/h3-14H,1-2H3. The molecule has 34 heavy (non-hydrogen) atoms. The SMILES string of the molecule is Cc1ccc(S(=O)(=O)C(C#N)=Cc2c(Oc3ccc(F)cc3)nc3c(C)cccn3c2=O)cc1. The van der Waals surface area contributed by atoms with Gasteiger partial charge in [-0.05, 0) is 68.0 Å². The minimum Gasteiger partial charge on any atom is -0.438 e. The molecule has 4 aromatic rings. The van der Waals surface area contributed by atoms with Crippen LogP contribution < -0.4 is 10.3 Å². The molecule has 0 aliphatic heterocycles. The van der Waals surface area contributed by atoms with Crippen LogP contribution in [0.5, 0.6) is 11.6 Å². The van der Waals surface area contributed by atoms with Gasteiger partial charge in [0.1, 0.15) is 33.8 Å². The molecule has 2 heterocycles. The summed E-state index contributed by atoms with van der Waals surface area (Å²) in [6, 6.07) is 16.1. The maximum atomic E-state index is 13.3. The maximum Gasteiger partial charge on any atom is 0.269 e. The van der Waals surface area contributed by atoms with Crippen LogP contribution in [0.25, 0.3) is 11.7 Å². The molecule has 2 aromatic carbocycles. The Hall–Kier alpha value is -4.29. The molecule has 0 saturated heterocycles. The molecule has 0 N–H and O–H groups in total. The molecular weight excluding hydrogens is 457 g/mol. The second kappa shape index (κ2) is 8.92. The van der Waals surface area contributed by atoms with E-state index in [0.717, 1.165) is 11.6 Å². The second-order valence-electron chi connectivity index (χ2n) is 7.51. The Morgan fingerprint density at radius 1 is 1.09 bits per heavy atom. The van der Waals surface area contributed by atoms with Crippen molar-refractivity contribution in [3.8, 4) is 17.7 Å². The molecule has 0 unspecified atom stereocenters. The Bertz CT molecular complexity index is 1630. The van der Waals surface area contributed by atoms with Gasteiger partial charge in [0.25, 0.3) is 5.56 Å². The van der Waals surface area contributed by atoms with Crippen LogP contribution in [0, 0.1) is 31.0 Å². The van der Waals surface area contributed by atoms with Crippen LogP contribution in [0.15, 0.2) is 81.5 Å². The van der Waals surface area contributed by atoms with Crippen LogP contribution >= 0.6 is 0 Å². The molecule has 9 heteroatoms. The van der Waals surface area contributed by atoms with Gasteiger partial charge >= 0.3 is 0 Å². The summed E-state index contributed by atoms with van der Waals surface area (Å²) in [5, 5.41) is 9.69. The molecular formula is C25H18FN3O4S. The van der Waals surface area contributed by atoms with Gasteiger partial charge in [0.2, 0.25) is 15.7 Å². The highest BCUT2D eigenvalue weighted by molar-refractivity contribution is 7.95. The zero-order valence-electron chi connectivity index (χ0n) is 18.2. The van der Waals surface area contributed by atoms with E-state index < -0.39 is 26.1 Å². The molecule has 4 rings (SSSR count). The van der Waals surface area contributed by atoms with Crippen molar-refractivity contribution in [2.75, 3.05) is 0 Å². The minimum atomic E-state index is -4.22. The summed E-state index contributed by atoms with van der Waals surface area (Å²) in [6.07, 6.45) is 2.44. The Morgan fingerprint density at radius 3 is 2.41 bits per heavy atom. The molecule has 0 saturated carbocycles. The molecule has 0 aliphatic carbocycles. The molecule has 7 nitrogen and oxygen atoms in total. The van der Waals surface area contributed by atoms with E-state index in [1.807, 2.05) is 0 Å². The first-order valence-corrected chi connectivity index (χ1v) is 11.6. The first-order chi connectivity index (χ1) is 16.2. The van der Waals surface area contributed by atoms with Gasteiger partial charge in [-0.1, -0.05) is 23.8 Å². The fourth-order valence-electron chi connectivity index (χ4n) is 3.25. The van der Waals surface area contributed by atoms with Gasteiger partial charge < -0.3 is 4.74 Å². The first-order valence-electron chi connectivity index (χ1n) is 10.1. The summed E-state index contributed by atoms with van der Waals surface area (Å²) >= 11 is 0. The van der Waals surface area contributed by atoms with Gasteiger partial charge in [0, 0.05) is 6.20 Å². The van der Waals surface area contributed by atoms with E-state index in [1.165, 1.54) is 47.0 Å². The molecule has 0 spiro atoms. The normalized spacial score (nSPS) is 11.9. The molecule has 0 radical (unpaired) electrons. The van der Waals surface area contributed by atoms with Crippen LogP contribution in [0.3, 0.4) is 0 Å². The zero-order valence-corrected chi connectivity index (χ0v) is 19.0. The van der Waals surface area contributed by atoms with Gasteiger partial charge in [0.15, 0.2) is 0 Å².